The van der Waals surface area contributed by atoms with Crippen molar-refractivity contribution >= 4 is 34.9 Å². The minimum atomic E-state index is -1.03. The molecule has 0 fully saturated rings. The number of hydrogen-bond acceptors (Lipinski definition) is 8. The fraction of sp³-hybridized carbons (Fsp3) is 0.222. The molecule has 1 amide bonds. The Bertz CT molecular complexity index is 922. The molecule has 0 radical (unpaired) electrons. The zero-order chi connectivity index (χ0) is 21.6. The van der Waals surface area contributed by atoms with E-state index in [0.717, 1.165) is 12.1 Å². The van der Waals surface area contributed by atoms with E-state index in [1.165, 1.54) is 39.5 Å². The molecule has 0 aromatic heterocycles. The second-order valence-corrected chi connectivity index (χ2v) is 5.89. The topological polar surface area (TPSA) is 126 Å². The van der Waals surface area contributed by atoms with Gasteiger partial charge in [0.25, 0.3) is 11.6 Å². The van der Waals surface area contributed by atoms with Gasteiger partial charge in [0.05, 0.1) is 26.3 Å². The lowest BCUT2D eigenvalue weighted by Crippen LogP contribution is -2.21. The Morgan fingerprint density at radius 1 is 1.07 bits per heavy atom. The lowest BCUT2D eigenvalue weighted by molar-refractivity contribution is -0.385. The van der Waals surface area contributed by atoms with Crippen LogP contribution in [0.15, 0.2) is 30.3 Å². The van der Waals surface area contributed by atoms with Gasteiger partial charge in [0, 0.05) is 28.9 Å². The number of rotatable bonds is 8. The SMILES string of the molecule is COc1cc(NC(=O)COC(=O)c2ccc(Cl)cc2[N+](=O)[O-])cc(OC)c1OC. The van der Waals surface area contributed by atoms with Gasteiger partial charge in [-0.3, -0.25) is 14.9 Å². The number of halogens is 1. The number of amides is 1. The van der Waals surface area contributed by atoms with Crippen LogP contribution in [0.5, 0.6) is 17.2 Å². The highest BCUT2D eigenvalue weighted by molar-refractivity contribution is 6.31. The van der Waals surface area contributed by atoms with E-state index in [-0.39, 0.29) is 10.6 Å². The first kappa shape index (κ1) is 21.8. The van der Waals surface area contributed by atoms with Crippen molar-refractivity contribution in [2.45, 2.75) is 0 Å². The Hall–Kier alpha value is -3.53. The first-order valence-electron chi connectivity index (χ1n) is 8.01. The van der Waals surface area contributed by atoms with Crippen molar-refractivity contribution in [2.24, 2.45) is 0 Å². The summed E-state index contributed by atoms with van der Waals surface area (Å²) in [6.45, 7) is -0.671. The van der Waals surface area contributed by atoms with Crippen molar-refractivity contribution in [1.29, 1.82) is 0 Å². The number of ether oxygens (including phenoxy) is 4. The van der Waals surface area contributed by atoms with E-state index in [0.29, 0.717) is 22.9 Å². The maximum Gasteiger partial charge on any atom is 0.345 e. The summed E-state index contributed by atoms with van der Waals surface area (Å²) in [7, 11) is 4.28. The van der Waals surface area contributed by atoms with E-state index in [4.69, 9.17) is 30.5 Å². The van der Waals surface area contributed by atoms with Crippen LogP contribution in [0.1, 0.15) is 10.4 Å². The quantitative estimate of drug-likeness (QED) is 0.389. The molecule has 2 rings (SSSR count). The fourth-order valence-corrected chi connectivity index (χ4v) is 2.55. The average molecular weight is 425 g/mol. The van der Waals surface area contributed by atoms with Crippen LogP contribution in [0, 0.1) is 10.1 Å². The number of nitro groups is 1. The van der Waals surface area contributed by atoms with Gasteiger partial charge in [-0.15, -0.1) is 0 Å². The molecule has 0 aliphatic heterocycles. The van der Waals surface area contributed by atoms with Gasteiger partial charge in [-0.1, -0.05) is 11.6 Å². The van der Waals surface area contributed by atoms with E-state index < -0.39 is 29.1 Å². The highest BCUT2D eigenvalue weighted by Gasteiger charge is 2.23. The second-order valence-electron chi connectivity index (χ2n) is 5.46. The second kappa shape index (κ2) is 9.60. The van der Waals surface area contributed by atoms with E-state index in [9.17, 15) is 19.7 Å². The molecule has 0 aliphatic carbocycles. The first-order valence-corrected chi connectivity index (χ1v) is 8.39. The third kappa shape index (κ3) is 5.26. The molecule has 0 heterocycles. The molecule has 0 aliphatic rings. The minimum absolute atomic E-state index is 0.0911. The summed E-state index contributed by atoms with van der Waals surface area (Å²) >= 11 is 5.70. The molecule has 0 saturated heterocycles. The van der Waals surface area contributed by atoms with E-state index >= 15 is 0 Å². The number of benzene rings is 2. The van der Waals surface area contributed by atoms with Gasteiger partial charge in [0.2, 0.25) is 5.75 Å². The standard InChI is InChI=1S/C18H17ClN2O8/c1-26-14-7-11(8-15(27-2)17(14)28-3)20-16(22)9-29-18(23)12-5-4-10(19)6-13(12)21(24)25/h4-8H,9H2,1-3H3,(H,20,22). The summed E-state index contributed by atoms with van der Waals surface area (Å²) in [5.74, 6) is -0.737. The number of esters is 1. The zero-order valence-corrected chi connectivity index (χ0v) is 16.4. The summed E-state index contributed by atoms with van der Waals surface area (Å²) in [6, 6.07) is 6.46. The fourth-order valence-electron chi connectivity index (χ4n) is 2.39. The maximum absolute atomic E-state index is 12.1. The number of hydrogen-bond donors (Lipinski definition) is 1. The van der Waals surface area contributed by atoms with E-state index in [2.05, 4.69) is 5.32 Å². The van der Waals surface area contributed by atoms with Crippen molar-refractivity contribution in [3.8, 4) is 17.2 Å². The monoisotopic (exact) mass is 424 g/mol. The van der Waals surface area contributed by atoms with Crippen LogP contribution in [0.4, 0.5) is 11.4 Å². The third-order valence-electron chi connectivity index (χ3n) is 3.66. The lowest BCUT2D eigenvalue weighted by Gasteiger charge is -2.14. The van der Waals surface area contributed by atoms with Crippen molar-refractivity contribution in [3.63, 3.8) is 0 Å². The molecule has 10 nitrogen and oxygen atoms in total. The predicted octanol–water partition coefficient (Wildman–Crippen LogP) is 3.07. The summed E-state index contributed by atoms with van der Waals surface area (Å²) in [4.78, 5) is 34.5. The molecule has 0 spiro atoms. The van der Waals surface area contributed by atoms with Gasteiger partial charge in [0.15, 0.2) is 18.1 Å². The zero-order valence-electron chi connectivity index (χ0n) is 15.7. The minimum Gasteiger partial charge on any atom is -0.493 e. The Morgan fingerprint density at radius 2 is 1.69 bits per heavy atom. The van der Waals surface area contributed by atoms with Crippen LogP contribution in [0.2, 0.25) is 5.02 Å². The molecule has 0 bridgehead atoms. The number of carbonyl (C=O) groups excluding carboxylic acids is 2. The van der Waals surface area contributed by atoms with Gasteiger partial charge in [0.1, 0.15) is 5.56 Å². The first-order chi connectivity index (χ1) is 13.8. The number of carbonyl (C=O) groups is 2. The molecule has 0 atom stereocenters. The summed E-state index contributed by atoms with van der Waals surface area (Å²) in [6.07, 6.45) is 0. The van der Waals surface area contributed by atoms with Gasteiger partial charge >= 0.3 is 5.97 Å². The Morgan fingerprint density at radius 3 is 2.21 bits per heavy atom. The molecule has 2 aromatic rings. The van der Waals surface area contributed by atoms with Crippen molar-refractivity contribution < 1.29 is 33.5 Å². The molecule has 11 heteroatoms. The molecule has 2 aromatic carbocycles. The third-order valence-corrected chi connectivity index (χ3v) is 3.89. The smallest absolute Gasteiger partial charge is 0.345 e. The molecule has 0 saturated carbocycles. The molecular formula is C18H17ClN2O8. The molecule has 1 N–H and O–H groups in total. The molecule has 29 heavy (non-hydrogen) atoms. The Labute approximate surface area is 170 Å². The summed E-state index contributed by atoms with van der Waals surface area (Å²) < 4.78 is 20.4. The molecular weight excluding hydrogens is 408 g/mol. The van der Waals surface area contributed by atoms with Crippen molar-refractivity contribution in [2.75, 3.05) is 33.3 Å². The number of anilines is 1. The largest absolute Gasteiger partial charge is 0.493 e. The number of nitro benzene ring substituents is 1. The van der Waals surface area contributed by atoms with Crippen LogP contribution in [0.3, 0.4) is 0 Å². The van der Waals surface area contributed by atoms with Gasteiger partial charge in [-0.25, -0.2) is 4.79 Å². The van der Waals surface area contributed by atoms with Crippen LogP contribution in [-0.2, 0) is 9.53 Å². The Kier molecular flexibility index (Phi) is 7.21. The summed E-state index contributed by atoms with van der Waals surface area (Å²) in [5, 5.41) is 13.7. The lowest BCUT2D eigenvalue weighted by atomic mass is 10.2. The number of nitrogens with zero attached hydrogens (tertiary/aromatic N) is 1. The van der Waals surface area contributed by atoms with Crippen LogP contribution in [-0.4, -0.2) is 44.7 Å². The van der Waals surface area contributed by atoms with Crippen LogP contribution < -0.4 is 19.5 Å². The highest BCUT2D eigenvalue weighted by atomic mass is 35.5. The summed E-state index contributed by atoms with van der Waals surface area (Å²) in [5.41, 5.74) is -0.537. The number of methoxy groups -OCH3 is 3. The van der Waals surface area contributed by atoms with Crippen LogP contribution >= 0.6 is 11.6 Å². The van der Waals surface area contributed by atoms with Gasteiger partial charge in [-0.2, -0.15) is 0 Å². The van der Waals surface area contributed by atoms with Crippen LogP contribution in [0.25, 0.3) is 0 Å². The predicted molar refractivity (Wildman–Crippen MR) is 103 cm³/mol. The Balaban J connectivity index is 2.09. The average Bonchev–Trinajstić information content (AvgIpc) is 2.70. The van der Waals surface area contributed by atoms with E-state index in [1.54, 1.807) is 0 Å². The highest BCUT2D eigenvalue weighted by Crippen LogP contribution is 2.39. The van der Waals surface area contributed by atoms with Gasteiger partial charge < -0.3 is 24.3 Å². The number of nitrogens with one attached hydrogen (secondary N) is 1. The van der Waals surface area contributed by atoms with E-state index in [1.807, 2.05) is 0 Å². The van der Waals surface area contributed by atoms with Crippen molar-refractivity contribution in [1.82, 2.24) is 0 Å². The molecule has 0 unspecified atom stereocenters. The normalized spacial score (nSPS) is 10.1. The van der Waals surface area contributed by atoms with Crippen molar-refractivity contribution in [3.05, 3.63) is 51.0 Å². The van der Waals surface area contributed by atoms with Gasteiger partial charge in [-0.05, 0) is 12.1 Å². The molecule has 154 valence electrons. The maximum atomic E-state index is 12.1.